The molecule has 1 aliphatic rings. The summed E-state index contributed by atoms with van der Waals surface area (Å²) in [6, 6.07) is 0. The highest BCUT2D eigenvalue weighted by Gasteiger charge is 2.22. The number of hydrogen-bond donors (Lipinski definition) is 0. The van der Waals surface area contributed by atoms with Crippen LogP contribution in [-0.4, -0.2) is 48.3 Å². The minimum absolute atomic E-state index is 0.0883. The van der Waals surface area contributed by atoms with Crippen LogP contribution in [0.25, 0.3) is 11.2 Å². The van der Waals surface area contributed by atoms with Crippen LogP contribution in [-0.2, 0) is 25.9 Å². The van der Waals surface area contributed by atoms with Crippen molar-refractivity contribution in [3.05, 3.63) is 20.8 Å². The van der Waals surface area contributed by atoms with E-state index in [-0.39, 0.29) is 17.2 Å². The molecule has 0 unspecified atom stereocenters. The summed E-state index contributed by atoms with van der Waals surface area (Å²) >= 11 is 1.30. The number of thioether (sulfide) groups is 1. The Bertz CT molecular complexity index is 942. The summed E-state index contributed by atoms with van der Waals surface area (Å²) in [6.45, 7) is 3.77. The van der Waals surface area contributed by atoms with Crippen molar-refractivity contribution in [2.24, 2.45) is 27.1 Å². The third kappa shape index (κ3) is 3.12. The van der Waals surface area contributed by atoms with Gasteiger partial charge in [0.25, 0.3) is 5.56 Å². The van der Waals surface area contributed by atoms with E-state index in [1.165, 1.54) is 29.8 Å². The summed E-state index contributed by atoms with van der Waals surface area (Å²) in [4.78, 5) is 43.1. The lowest BCUT2D eigenvalue weighted by Gasteiger charge is -2.30. The number of nitrogens with zero attached hydrogens (tertiary/aromatic N) is 5. The second-order valence-corrected chi connectivity index (χ2v) is 7.65. The predicted molar refractivity (Wildman–Crippen MR) is 96.9 cm³/mol. The van der Waals surface area contributed by atoms with E-state index in [9.17, 15) is 14.4 Å². The highest BCUT2D eigenvalue weighted by molar-refractivity contribution is 7.99. The summed E-state index contributed by atoms with van der Waals surface area (Å²) in [5, 5.41) is 0.562. The topological polar surface area (TPSA) is 82.1 Å². The molecule has 1 aliphatic heterocycles. The smallest absolute Gasteiger partial charge is 0.332 e. The first-order valence-corrected chi connectivity index (χ1v) is 9.32. The van der Waals surface area contributed by atoms with Crippen LogP contribution in [0.3, 0.4) is 0 Å². The number of aryl methyl sites for hydroxylation is 2. The van der Waals surface area contributed by atoms with E-state index in [0.29, 0.717) is 22.2 Å². The fourth-order valence-corrected chi connectivity index (χ4v) is 4.13. The monoisotopic (exact) mass is 365 g/mol. The lowest BCUT2D eigenvalue weighted by Crippen LogP contribution is -2.40. The zero-order valence-electron chi connectivity index (χ0n) is 15.0. The average molecular weight is 365 g/mol. The number of fused-ring (bicyclic) bond motifs is 1. The number of rotatable bonds is 3. The number of carbonyl (C=O) groups excluding carboxylic acids is 1. The maximum atomic E-state index is 12.4. The maximum Gasteiger partial charge on any atom is 0.332 e. The molecule has 0 spiro atoms. The fourth-order valence-electron chi connectivity index (χ4n) is 3.26. The first-order chi connectivity index (χ1) is 11.8. The van der Waals surface area contributed by atoms with Gasteiger partial charge in [-0.3, -0.25) is 18.7 Å². The molecule has 136 valence electrons. The van der Waals surface area contributed by atoms with Crippen LogP contribution in [0.15, 0.2) is 14.7 Å². The minimum atomic E-state index is -0.412. The van der Waals surface area contributed by atoms with Gasteiger partial charge in [-0.25, -0.2) is 9.78 Å². The molecule has 0 bridgehead atoms. The molecule has 0 aromatic carbocycles. The van der Waals surface area contributed by atoms with Gasteiger partial charge in [-0.1, -0.05) is 18.7 Å². The maximum absolute atomic E-state index is 12.4. The molecular formula is C16H23N5O3S. The van der Waals surface area contributed by atoms with E-state index in [4.69, 9.17) is 0 Å². The van der Waals surface area contributed by atoms with Gasteiger partial charge in [-0.2, -0.15) is 0 Å². The zero-order valence-corrected chi connectivity index (χ0v) is 15.8. The summed E-state index contributed by atoms with van der Waals surface area (Å²) < 4.78 is 4.08. The standard InChI is InChI=1S/C16H23N5O3S/c1-10-6-5-7-21(8-10)11(22)9-25-15-17-13-12(18(15)2)14(23)20(4)16(24)19(13)3/h10H,5-9H2,1-4H3/t10-/m1/s1. The zero-order chi connectivity index (χ0) is 18.3. The molecule has 8 nitrogen and oxygen atoms in total. The summed E-state index contributed by atoms with van der Waals surface area (Å²) in [5.74, 6) is 0.902. The van der Waals surface area contributed by atoms with Gasteiger partial charge in [-0.15, -0.1) is 0 Å². The van der Waals surface area contributed by atoms with Crippen molar-refractivity contribution in [1.82, 2.24) is 23.6 Å². The van der Waals surface area contributed by atoms with E-state index >= 15 is 0 Å². The average Bonchev–Trinajstić information content (AvgIpc) is 2.92. The molecule has 3 rings (SSSR count). The van der Waals surface area contributed by atoms with Crippen LogP contribution >= 0.6 is 11.8 Å². The summed E-state index contributed by atoms with van der Waals surface area (Å²) in [6.07, 6.45) is 2.21. The SMILES string of the molecule is C[C@@H]1CCCN(C(=O)CSc2nc3c(c(=O)n(C)c(=O)n3C)n2C)C1. The molecule has 0 saturated carbocycles. The molecule has 0 aliphatic carbocycles. The van der Waals surface area contributed by atoms with Gasteiger partial charge in [-0.05, 0) is 18.8 Å². The summed E-state index contributed by atoms with van der Waals surface area (Å²) in [5.41, 5.74) is -0.0788. The van der Waals surface area contributed by atoms with Crippen LogP contribution in [0.4, 0.5) is 0 Å². The molecule has 3 heterocycles. The minimum Gasteiger partial charge on any atom is -0.342 e. The van der Waals surface area contributed by atoms with Crippen molar-refractivity contribution in [2.75, 3.05) is 18.8 Å². The van der Waals surface area contributed by atoms with E-state index in [1.807, 2.05) is 4.90 Å². The van der Waals surface area contributed by atoms with E-state index in [0.717, 1.165) is 24.1 Å². The second kappa shape index (κ2) is 6.70. The Morgan fingerprint density at radius 3 is 2.60 bits per heavy atom. The molecular weight excluding hydrogens is 342 g/mol. The Morgan fingerprint density at radius 1 is 1.20 bits per heavy atom. The van der Waals surface area contributed by atoms with Crippen LogP contribution in [0, 0.1) is 5.92 Å². The molecule has 9 heteroatoms. The van der Waals surface area contributed by atoms with Crippen LogP contribution in [0.2, 0.25) is 0 Å². The molecule has 25 heavy (non-hydrogen) atoms. The fraction of sp³-hybridized carbons (Fsp3) is 0.625. The number of hydrogen-bond acceptors (Lipinski definition) is 5. The van der Waals surface area contributed by atoms with Crippen molar-refractivity contribution in [3.8, 4) is 0 Å². The number of amides is 1. The van der Waals surface area contributed by atoms with Crippen molar-refractivity contribution in [1.29, 1.82) is 0 Å². The molecule has 2 aromatic rings. The van der Waals surface area contributed by atoms with Crippen molar-refractivity contribution < 1.29 is 4.79 Å². The molecule has 0 radical (unpaired) electrons. The first-order valence-electron chi connectivity index (χ1n) is 8.34. The normalized spacial score (nSPS) is 18.1. The van der Waals surface area contributed by atoms with E-state index in [1.54, 1.807) is 18.7 Å². The molecule has 1 saturated heterocycles. The second-order valence-electron chi connectivity index (χ2n) is 6.71. The van der Waals surface area contributed by atoms with Gasteiger partial charge >= 0.3 is 5.69 Å². The highest BCUT2D eigenvalue weighted by atomic mass is 32.2. The molecule has 1 fully saturated rings. The van der Waals surface area contributed by atoms with E-state index < -0.39 is 5.69 Å². The van der Waals surface area contributed by atoms with Gasteiger partial charge in [0.1, 0.15) is 0 Å². The van der Waals surface area contributed by atoms with Gasteiger partial charge in [0.15, 0.2) is 16.3 Å². The Balaban J connectivity index is 1.85. The molecule has 1 atom stereocenters. The van der Waals surface area contributed by atoms with Gasteiger partial charge in [0, 0.05) is 34.2 Å². The number of piperidine rings is 1. The van der Waals surface area contributed by atoms with Crippen molar-refractivity contribution >= 4 is 28.8 Å². The van der Waals surface area contributed by atoms with Crippen molar-refractivity contribution in [3.63, 3.8) is 0 Å². The third-order valence-corrected chi connectivity index (χ3v) is 5.78. The highest BCUT2D eigenvalue weighted by Crippen LogP contribution is 2.22. The number of imidazole rings is 1. The Labute approximate surface area is 149 Å². The molecule has 2 aromatic heterocycles. The van der Waals surface area contributed by atoms with Crippen LogP contribution in [0.1, 0.15) is 19.8 Å². The molecule has 1 amide bonds. The predicted octanol–water partition coefficient (Wildman–Crippen LogP) is 0.321. The Morgan fingerprint density at radius 2 is 1.92 bits per heavy atom. The first kappa shape index (κ1) is 17.8. The van der Waals surface area contributed by atoms with Crippen LogP contribution < -0.4 is 11.2 Å². The number of aromatic nitrogens is 4. The molecule has 0 N–H and O–H groups in total. The summed E-state index contributed by atoms with van der Waals surface area (Å²) in [7, 11) is 4.77. The van der Waals surface area contributed by atoms with Gasteiger partial charge < -0.3 is 9.47 Å². The number of carbonyl (C=O) groups is 1. The van der Waals surface area contributed by atoms with Gasteiger partial charge in [0.05, 0.1) is 5.75 Å². The Kier molecular flexibility index (Phi) is 4.77. The lowest BCUT2D eigenvalue weighted by molar-refractivity contribution is -0.130. The van der Waals surface area contributed by atoms with E-state index in [2.05, 4.69) is 11.9 Å². The lowest BCUT2D eigenvalue weighted by atomic mass is 10.0. The Hall–Kier alpha value is -2.03. The largest absolute Gasteiger partial charge is 0.342 e. The quantitative estimate of drug-likeness (QED) is 0.732. The van der Waals surface area contributed by atoms with Crippen molar-refractivity contribution in [2.45, 2.75) is 24.9 Å². The van der Waals surface area contributed by atoms with Crippen LogP contribution in [0.5, 0.6) is 0 Å². The third-order valence-electron chi connectivity index (χ3n) is 4.77. The number of likely N-dealkylation sites (tertiary alicyclic amines) is 1. The van der Waals surface area contributed by atoms with Gasteiger partial charge in [0.2, 0.25) is 5.91 Å².